The van der Waals surface area contributed by atoms with Crippen molar-refractivity contribution < 1.29 is 14.8 Å². The van der Waals surface area contributed by atoms with Crippen LogP contribution in [0.1, 0.15) is 32.1 Å². The van der Waals surface area contributed by atoms with Crippen LogP contribution in [0.2, 0.25) is 0 Å². The van der Waals surface area contributed by atoms with Gasteiger partial charge in [0, 0.05) is 31.0 Å². The average Bonchev–Trinajstić information content (AvgIpc) is 2.95. The van der Waals surface area contributed by atoms with Crippen LogP contribution < -0.4 is 10.6 Å². The minimum absolute atomic E-state index is 0.00155. The molecular formula is C15H21N3O4. The van der Waals surface area contributed by atoms with Crippen molar-refractivity contribution in [3.63, 3.8) is 0 Å². The molecule has 0 aromatic heterocycles. The number of hydrogen-bond donors (Lipinski definition) is 3. The fourth-order valence-corrected chi connectivity index (χ4v) is 2.99. The number of non-ortho nitro benzene ring substituents is 1. The highest BCUT2D eigenvalue weighted by Crippen LogP contribution is 2.40. The number of carbonyl (C=O) groups excluding carboxylic acids is 1. The van der Waals surface area contributed by atoms with Gasteiger partial charge >= 0.3 is 6.03 Å². The Morgan fingerprint density at radius 3 is 2.45 bits per heavy atom. The van der Waals surface area contributed by atoms with Crippen molar-refractivity contribution in [1.29, 1.82) is 0 Å². The van der Waals surface area contributed by atoms with Crippen molar-refractivity contribution in [3.05, 3.63) is 34.4 Å². The van der Waals surface area contributed by atoms with Gasteiger partial charge in [0.2, 0.25) is 0 Å². The molecule has 0 radical (unpaired) electrons. The summed E-state index contributed by atoms with van der Waals surface area (Å²) < 4.78 is 0. The van der Waals surface area contributed by atoms with Crippen molar-refractivity contribution in [2.45, 2.75) is 32.1 Å². The Labute approximate surface area is 128 Å². The summed E-state index contributed by atoms with van der Waals surface area (Å²) >= 11 is 0. The third kappa shape index (κ3) is 4.17. The maximum Gasteiger partial charge on any atom is 0.319 e. The molecule has 0 heterocycles. The van der Waals surface area contributed by atoms with Crippen molar-refractivity contribution in [3.8, 4) is 0 Å². The fraction of sp³-hybridized carbons (Fsp3) is 0.533. The summed E-state index contributed by atoms with van der Waals surface area (Å²) in [7, 11) is 0. The molecule has 0 spiro atoms. The van der Waals surface area contributed by atoms with E-state index in [0.29, 0.717) is 18.7 Å². The molecule has 0 unspecified atom stereocenters. The molecule has 1 aliphatic rings. The fourth-order valence-electron chi connectivity index (χ4n) is 2.99. The molecule has 22 heavy (non-hydrogen) atoms. The standard InChI is InChI=1S/C15H21N3O4/c19-10-9-15(7-1-2-8-15)11-16-14(20)17-12-3-5-13(6-4-12)18(21)22/h3-6,19H,1-2,7-11H2,(H2,16,17,20). The summed E-state index contributed by atoms with van der Waals surface area (Å²) in [6.07, 6.45) is 5.00. The van der Waals surface area contributed by atoms with E-state index in [-0.39, 0.29) is 23.7 Å². The van der Waals surface area contributed by atoms with Crippen LogP contribution in [-0.4, -0.2) is 29.2 Å². The van der Waals surface area contributed by atoms with E-state index in [2.05, 4.69) is 10.6 Å². The highest BCUT2D eigenvalue weighted by molar-refractivity contribution is 5.89. The molecular weight excluding hydrogens is 286 g/mol. The van der Waals surface area contributed by atoms with Gasteiger partial charge in [-0.3, -0.25) is 10.1 Å². The second-order valence-corrected chi connectivity index (χ2v) is 5.79. The molecule has 1 fully saturated rings. The van der Waals surface area contributed by atoms with Crippen LogP contribution >= 0.6 is 0 Å². The average molecular weight is 307 g/mol. The minimum Gasteiger partial charge on any atom is -0.396 e. The van der Waals surface area contributed by atoms with E-state index in [1.807, 2.05) is 0 Å². The van der Waals surface area contributed by atoms with E-state index in [1.54, 1.807) is 0 Å². The zero-order valence-corrected chi connectivity index (χ0v) is 12.4. The lowest BCUT2D eigenvalue weighted by molar-refractivity contribution is -0.384. The summed E-state index contributed by atoms with van der Waals surface area (Å²) in [5, 5.41) is 25.2. The van der Waals surface area contributed by atoms with Crippen LogP contribution in [0.25, 0.3) is 0 Å². The number of amides is 2. The maximum absolute atomic E-state index is 11.9. The number of nitro groups is 1. The van der Waals surface area contributed by atoms with E-state index >= 15 is 0 Å². The third-order valence-electron chi connectivity index (χ3n) is 4.27. The molecule has 0 saturated heterocycles. The van der Waals surface area contributed by atoms with Crippen LogP contribution in [0.5, 0.6) is 0 Å². The number of nitro benzene ring substituents is 1. The van der Waals surface area contributed by atoms with E-state index in [1.165, 1.54) is 24.3 Å². The van der Waals surface area contributed by atoms with Crippen LogP contribution in [0.15, 0.2) is 24.3 Å². The topological polar surface area (TPSA) is 104 Å². The van der Waals surface area contributed by atoms with Crippen molar-refractivity contribution in [2.75, 3.05) is 18.5 Å². The van der Waals surface area contributed by atoms with Gasteiger partial charge in [-0.1, -0.05) is 12.8 Å². The monoisotopic (exact) mass is 307 g/mol. The third-order valence-corrected chi connectivity index (χ3v) is 4.27. The number of rotatable bonds is 6. The first-order valence-corrected chi connectivity index (χ1v) is 7.45. The molecule has 0 atom stereocenters. The second kappa shape index (κ2) is 7.22. The number of benzene rings is 1. The van der Waals surface area contributed by atoms with E-state index in [0.717, 1.165) is 25.7 Å². The lowest BCUT2D eigenvalue weighted by atomic mass is 9.83. The van der Waals surface area contributed by atoms with Crippen LogP contribution in [0.3, 0.4) is 0 Å². The number of aliphatic hydroxyl groups excluding tert-OH is 1. The summed E-state index contributed by atoms with van der Waals surface area (Å²) in [4.78, 5) is 22.0. The first-order valence-electron chi connectivity index (χ1n) is 7.45. The Morgan fingerprint density at radius 1 is 1.27 bits per heavy atom. The van der Waals surface area contributed by atoms with E-state index in [9.17, 15) is 20.0 Å². The van der Waals surface area contributed by atoms with E-state index in [4.69, 9.17) is 0 Å². The number of hydrogen-bond acceptors (Lipinski definition) is 4. The van der Waals surface area contributed by atoms with Crippen LogP contribution in [0.4, 0.5) is 16.2 Å². The van der Waals surface area contributed by atoms with Crippen LogP contribution in [0, 0.1) is 15.5 Å². The minimum atomic E-state index is -0.484. The Hall–Kier alpha value is -2.15. The van der Waals surface area contributed by atoms with Gasteiger partial charge < -0.3 is 15.7 Å². The van der Waals surface area contributed by atoms with Gasteiger partial charge in [0.25, 0.3) is 5.69 Å². The Morgan fingerprint density at radius 2 is 1.91 bits per heavy atom. The molecule has 2 amide bonds. The first-order chi connectivity index (χ1) is 10.5. The number of anilines is 1. The molecule has 7 nitrogen and oxygen atoms in total. The second-order valence-electron chi connectivity index (χ2n) is 5.79. The molecule has 3 N–H and O–H groups in total. The first kappa shape index (κ1) is 16.2. The summed E-state index contributed by atoms with van der Waals surface area (Å²) in [6.45, 7) is 0.665. The van der Waals surface area contributed by atoms with Crippen molar-refractivity contribution in [2.24, 2.45) is 5.41 Å². The largest absolute Gasteiger partial charge is 0.396 e. The highest BCUT2D eigenvalue weighted by Gasteiger charge is 2.33. The molecule has 0 aliphatic heterocycles. The zero-order valence-electron chi connectivity index (χ0n) is 12.4. The number of aliphatic hydroxyl groups is 1. The smallest absolute Gasteiger partial charge is 0.319 e. The number of nitrogens with one attached hydrogen (secondary N) is 2. The normalized spacial score (nSPS) is 16.2. The van der Waals surface area contributed by atoms with Crippen molar-refractivity contribution in [1.82, 2.24) is 5.32 Å². The van der Waals surface area contributed by atoms with Gasteiger partial charge in [0.15, 0.2) is 0 Å². The molecule has 1 saturated carbocycles. The Bertz CT molecular complexity index is 524. The molecule has 1 aromatic carbocycles. The molecule has 2 rings (SSSR count). The predicted molar refractivity (Wildman–Crippen MR) is 82.7 cm³/mol. The number of carbonyl (C=O) groups is 1. The van der Waals surface area contributed by atoms with Gasteiger partial charge in [0.1, 0.15) is 0 Å². The lowest BCUT2D eigenvalue weighted by Crippen LogP contribution is -2.38. The van der Waals surface area contributed by atoms with Gasteiger partial charge in [-0.2, -0.15) is 0 Å². The summed E-state index contributed by atoms with van der Waals surface area (Å²) in [6, 6.07) is 5.35. The maximum atomic E-state index is 11.9. The summed E-state index contributed by atoms with van der Waals surface area (Å²) in [5.74, 6) is 0. The van der Waals surface area contributed by atoms with Gasteiger partial charge in [-0.25, -0.2) is 4.79 Å². The molecule has 1 aliphatic carbocycles. The molecule has 120 valence electrons. The Balaban J connectivity index is 1.85. The molecule has 7 heteroatoms. The van der Waals surface area contributed by atoms with Crippen molar-refractivity contribution >= 4 is 17.4 Å². The predicted octanol–water partition coefficient (Wildman–Crippen LogP) is 2.66. The molecule has 1 aromatic rings. The Kier molecular flexibility index (Phi) is 5.32. The molecule has 0 bridgehead atoms. The summed E-state index contributed by atoms with van der Waals surface area (Å²) in [5.41, 5.74) is 0.492. The quantitative estimate of drug-likeness (QED) is 0.555. The zero-order chi connectivity index (χ0) is 16.0. The SMILES string of the molecule is O=C(NCC1(CCO)CCCC1)Nc1ccc([N+](=O)[O-])cc1. The van der Waals surface area contributed by atoms with Crippen LogP contribution in [-0.2, 0) is 0 Å². The lowest BCUT2D eigenvalue weighted by Gasteiger charge is -2.28. The number of urea groups is 1. The highest BCUT2D eigenvalue weighted by atomic mass is 16.6. The van der Waals surface area contributed by atoms with Gasteiger partial charge in [-0.05, 0) is 36.8 Å². The number of nitrogens with zero attached hydrogens (tertiary/aromatic N) is 1. The van der Waals surface area contributed by atoms with Gasteiger partial charge in [-0.15, -0.1) is 0 Å². The van der Waals surface area contributed by atoms with E-state index < -0.39 is 4.92 Å². The van der Waals surface area contributed by atoms with Gasteiger partial charge in [0.05, 0.1) is 4.92 Å².